The van der Waals surface area contributed by atoms with E-state index in [9.17, 15) is 14.0 Å². The molecule has 0 aromatic heterocycles. The zero-order valence-electron chi connectivity index (χ0n) is 8.71. The predicted molar refractivity (Wildman–Crippen MR) is 65.3 cm³/mol. The molecular weight excluding hydrogens is 293 g/mol. The van der Waals surface area contributed by atoms with Crippen molar-refractivity contribution in [3.63, 3.8) is 0 Å². The highest BCUT2D eigenvalue weighted by atomic mass is 79.9. The molecule has 0 saturated carbocycles. The van der Waals surface area contributed by atoms with Crippen molar-refractivity contribution >= 4 is 27.3 Å². The Labute approximate surface area is 104 Å². The van der Waals surface area contributed by atoms with Crippen molar-refractivity contribution in [1.82, 2.24) is 0 Å². The predicted octanol–water partition coefficient (Wildman–Crippen LogP) is 1.94. The summed E-state index contributed by atoms with van der Waals surface area (Å²) in [5.41, 5.74) is -0.926. The molecule has 0 aliphatic carbocycles. The third kappa shape index (κ3) is 2.08. The van der Waals surface area contributed by atoms with Gasteiger partial charge in [0.05, 0.1) is 7.11 Å². The Morgan fingerprint density at radius 3 is 2.53 bits per heavy atom. The van der Waals surface area contributed by atoms with Crippen molar-refractivity contribution in [1.29, 1.82) is 0 Å². The van der Waals surface area contributed by atoms with E-state index in [1.807, 2.05) is 0 Å². The number of hydrogen-bond donors (Lipinski definition) is 1. The lowest BCUT2D eigenvalue weighted by Gasteiger charge is -2.11. The van der Waals surface area contributed by atoms with Crippen LogP contribution in [0.3, 0.4) is 0 Å². The highest BCUT2D eigenvalue weighted by Crippen LogP contribution is 2.25. The SMILES string of the molecule is COc1c(Nc2cc(F)cc(Br)c2)c(=O)c1=O. The van der Waals surface area contributed by atoms with Crippen molar-refractivity contribution in [3.8, 4) is 5.75 Å². The molecule has 0 atom stereocenters. The maximum absolute atomic E-state index is 13.1. The van der Waals surface area contributed by atoms with Crippen molar-refractivity contribution in [2.45, 2.75) is 0 Å². The van der Waals surface area contributed by atoms with Gasteiger partial charge in [-0.3, -0.25) is 9.59 Å². The van der Waals surface area contributed by atoms with Gasteiger partial charge in [0, 0.05) is 10.2 Å². The molecule has 1 N–H and O–H groups in total. The number of anilines is 2. The quantitative estimate of drug-likeness (QED) is 0.880. The Bertz CT molecular complexity index is 626. The van der Waals surface area contributed by atoms with Gasteiger partial charge in [-0.25, -0.2) is 4.39 Å². The second-order valence-corrected chi connectivity index (χ2v) is 4.27. The minimum absolute atomic E-state index is 0.0321. The molecule has 0 saturated heterocycles. The summed E-state index contributed by atoms with van der Waals surface area (Å²) in [6.45, 7) is 0. The van der Waals surface area contributed by atoms with E-state index in [0.29, 0.717) is 10.2 Å². The first kappa shape index (κ1) is 11.8. The number of hydrogen-bond acceptors (Lipinski definition) is 4. The third-order valence-electron chi connectivity index (χ3n) is 2.20. The molecule has 0 heterocycles. The fourth-order valence-electron chi connectivity index (χ4n) is 1.45. The molecule has 0 unspecified atom stereocenters. The van der Waals surface area contributed by atoms with E-state index in [0.717, 1.165) is 0 Å². The number of halogens is 2. The Kier molecular flexibility index (Phi) is 2.97. The van der Waals surface area contributed by atoms with Crippen molar-refractivity contribution in [3.05, 3.63) is 48.9 Å². The van der Waals surface area contributed by atoms with Crippen LogP contribution in [0.1, 0.15) is 0 Å². The number of methoxy groups -OCH3 is 1. The fraction of sp³-hybridized carbons (Fsp3) is 0.0909. The van der Waals surface area contributed by atoms with Crippen LogP contribution in [-0.4, -0.2) is 7.11 Å². The van der Waals surface area contributed by atoms with Crippen LogP contribution in [0.2, 0.25) is 0 Å². The number of ether oxygens (including phenoxy) is 1. The van der Waals surface area contributed by atoms with Crippen LogP contribution < -0.4 is 20.9 Å². The third-order valence-corrected chi connectivity index (χ3v) is 2.66. The minimum atomic E-state index is -0.675. The molecule has 0 aliphatic rings. The van der Waals surface area contributed by atoms with Crippen molar-refractivity contribution in [2.75, 3.05) is 12.4 Å². The summed E-state index contributed by atoms with van der Waals surface area (Å²) in [7, 11) is 1.29. The number of benzene rings is 1. The lowest BCUT2D eigenvalue weighted by atomic mass is 10.2. The largest absolute Gasteiger partial charge is 0.491 e. The van der Waals surface area contributed by atoms with Crippen molar-refractivity contribution < 1.29 is 9.13 Å². The van der Waals surface area contributed by atoms with Crippen LogP contribution in [0.15, 0.2) is 32.3 Å². The second kappa shape index (κ2) is 4.29. The van der Waals surface area contributed by atoms with Gasteiger partial charge < -0.3 is 10.1 Å². The molecule has 2 aromatic rings. The topological polar surface area (TPSA) is 55.4 Å². The van der Waals surface area contributed by atoms with E-state index in [1.165, 1.54) is 19.2 Å². The molecule has 0 fully saturated rings. The Morgan fingerprint density at radius 1 is 1.24 bits per heavy atom. The molecule has 6 heteroatoms. The summed E-state index contributed by atoms with van der Waals surface area (Å²) >= 11 is 3.12. The van der Waals surface area contributed by atoms with Crippen LogP contribution in [0.4, 0.5) is 15.8 Å². The Balaban J connectivity index is 2.36. The minimum Gasteiger partial charge on any atom is -0.491 e. The van der Waals surface area contributed by atoms with Gasteiger partial charge in [-0.1, -0.05) is 15.9 Å². The molecule has 0 aliphatic heterocycles. The second-order valence-electron chi connectivity index (χ2n) is 3.35. The standard InChI is InChI=1S/C11H7BrFNO3/c1-17-11-8(9(15)10(11)16)14-7-3-5(12)2-6(13)4-7/h2-4,14H,1H3. The first-order valence-corrected chi connectivity index (χ1v) is 5.42. The molecule has 0 spiro atoms. The van der Waals surface area contributed by atoms with Gasteiger partial charge in [-0.2, -0.15) is 0 Å². The highest BCUT2D eigenvalue weighted by Gasteiger charge is 2.21. The molecule has 4 nitrogen and oxygen atoms in total. The number of nitrogens with one attached hydrogen (secondary N) is 1. The van der Waals surface area contributed by atoms with E-state index in [4.69, 9.17) is 4.74 Å². The summed E-state index contributed by atoms with van der Waals surface area (Å²) in [6.07, 6.45) is 0. The first-order chi connectivity index (χ1) is 8.02. The van der Waals surface area contributed by atoms with E-state index >= 15 is 0 Å². The molecule has 88 valence electrons. The zero-order chi connectivity index (χ0) is 12.6. The van der Waals surface area contributed by atoms with Crippen LogP contribution >= 0.6 is 15.9 Å². The smallest absolute Gasteiger partial charge is 0.272 e. The summed E-state index contributed by atoms with van der Waals surface area (Å²) < 4.78 is 18.4. The lowest BCUT2D eigenvalue weighted by Crippen LogP contribution is -2.34. The van der Waals surface area contributed by atoms with Crippen LogP contribution in [0.5, 0.6) is 5.75 Å². The Hall–Kier alpha value is -1.69. The van der Waals surface area contributed by atoms with Gasteiger partial charge in [0.2, 0.25) is 0 Å². The Morgan fingerprint density at radius 2 is 1.94 bits per heavy atom. The van der Waals surface area contributed by atoms with E-state index in [2.05, 4.69) is 21.2 Å². The van der Waals surface area contributed by atoms with Gasteiger partial charge in [0.25, 0.3) is 10.9 Å². The normalized spacial score (nSPS) is 10.5. The number of rotatable bonds is 3. The van der Waals surface area contributed by atoms with E-state index in [1.54, 1.807) is 6.07 Å². The first-order valence-electron chi connectivity index (χ1n) is 4.63. The van der Waals surface area contributed by atoms with Gasteiger partial charge in [0.15, 0.2) is 5.75 Å². The molecule has 0 amide bonds. The van der Waals surface area contributed by atoms with E-state index < -0.39 is 16.7 Å². The van der Waals surface area contributed by atoms with E-state index in [-0.39, 0.29) is 11.4 Å². The average molecular weight is 300 g/mol. The molecule has 0 radical (unpaired) electrons. The average Bonchev–Trinajstić information content (AvgIpc) is 2.27. The molecule has 2 aromatic carbocycles. The maximum atomic E-state index is 13.1. The fourth-order valence-corrected chi connectivity index (χ4v) is 1.91. The van der Waals surface area contributed by atoms with Crippen LogP contribution in [0, 0.1) is 5.82 Å². The van der Waals surface area contributed by atoms with Gasteiger partial charge in [-0.05, 0) is 18.2 Å². The van der Waals surface area contributed by atoms with Crippen LogP contribution in [-0.2, 0) is 0 Å². The zero-order valence-corrected chi connectivity index (χ0v) is 10.3. The molecule has 17 heavy (non-hydrogen) atoms. The highest BCUT2D eigenvalue weighted by molar-refractivity contribution is 9.10. The molecule has 2 rings (SSSR count). The van der Waals surface area contributed by atoms with Gasteiger partial charge >= 0.3 is 0 Å². The summed E-state index contributed by atoms with van der Waals surface area (Å²) in [4.78, 5) is 22.3. The van der Waals surface area contributed by atoms with Gasteiger partial charge in [0.1, 0.15) is 11.5 Å². The maximum Gasteiger partial charge on any atom is 0.272 e. The monoisotopic (exact) mass is 299 g/mol. The summed E-state index contributed by atoms with van der Waals surface area (Å²) in [5.74, 6) is -0.491. The van der Waals surface area contributed by atoms with Crippen molar-refractivity contribution in [2.24, 2.45) is 0 Å². The molecular formula is C11H7BrFNO3. The van der Waals surface area contributed by atoms with Gasteiger partial charge in [-0.15, -0.1) is 0 Å². The van der Waals surface area contributed by atoms with Crippen LogP contribution in [0.25, 0.3) is 0 Å². The summed E-state index contributed by atoms with van der Waals surface area (Å²) in [5, 5.41) is 2.66. The summed E-state index contributed by atoms with van der Waals surface area (Å²) in [6, 6.07) is 4.07. The lowest BCUT2D eigenvalue weighted by molar-refractivity contribution is 0.408. The molecule has 0 bridgehead atoms.